The van der Waals surface area contributed by atoms with Gasteiger partial charge in [-0.05, 0) is 68.0 Å². The maximum atomic E-state index is 14.0. The van der Waals surface area contributed by atoms with Crippen LogP contribution in [0.1, 0.15) is 31.2 Å². The Bertz CT molecular complexity index is 907. The highest BCUT2D eigenvalue weighted by molar-refractivity contribution is 7.89. The smallest absolute Gasteiger partial charge is 0.240 e. The van der Waals surface area contributed by atoms with Crippen molar-refractivity contribution in [1.29, 1.82) is 0 Å². The molecule has 0 spiro atoms. The van der Waals surface area contributed by atoms with E-state index in [9.17, 15) is 22.3 Å². The summed E-state index contributed by atoms with van der Waals surface area (Å²) >= 11 is 0. The molecule has 0 atom stereocenters. The van der Waals surface area contributed by atoms with E-state index in [-0.39, 0.29) is 22.6 Å². The van der Waals surface area contributed by atoms with E-state index in [1.165, 1.54) is 30.3 Å². The van der Waals surface area contributed by atoms with Crippen molar-refractivity contribution in [1.82, 2.24) is 4.72 Å². The molecule has 0 heterocycles. The van der Waals surface area contributed by atoms with E-state index >= 15 is 0 Å². The van der Waals surface area contributed by atoms with Crippen LogP contribution in [0.25, 0.3) is 11.1 Å². The van der Waals surface area contributed by atoms with Gasteiger partial charge >= 0.3 is 0 Å². The molecular weight excluding hydrogens is 360 g/mol. The highest BCUT2D eigenvalue weighted by Crippen LogP contribution is 2.29. The molecule has 1 aliphatic rings. The number of hydrogen-bond acceptors (Lipinski definition) is 3. The molecule has 26 heavy (non-hydrogen) atoms. The number of benzene rings is 2. The van der Waals surface area contributed by atoms with Gasteiger partial charge in [-0.25, -0.2) is 21.9 Å². The molecule has 1 saturated carbocycles. The minimum absolute atomic E-state index is 0.104. The van der Waals surface area contributed by atoms with Crippen LogP contribution in [-0.4, -0.2) is 25.7 Å². The third-order valence-corrected chi connectivity index (χ3v) is 6.27. The predicted molar refractivity (Wildman–Crippen MR) is 95.1 cm³/mol. The van der Waals surface area contributed by atoms with E-state index in [1.54, 1.807) is 6.92 Å². The SMILES string of the molecule is Cc1cc(S(=O)(=O)NC2CCC(O)CC2)ccc1-c1ccc(F)cc1F. The molecule has 2 aromatic carbocycles. The lowest BCUT2D eigenvalue weighted by atomic mass is 9.94. The minimum atomic E-state index is -3.70. The van der Waals surface area contributed by atoms with E-state index in [0.717, 1.165) is 6.07 Å². The van der Waals surface area contributed by atoms with Gasteiger partial charge in [0.05, 0.1) is 11.0 Å². The van der Waals surface area contributed by atoms with Crippen molar-refractivity contribution >= 4 is 10.0 Å². The van der Waals surface area contributed by atoms with Crippen molar-refractivity contribution < 1.29 is 22.3 Å². The Hall–Kier alpha value is -1.83. The van der Waals surface area contributed by atoms with Gasteiger partial charge in [-0.2, -0.15) is 0 Å². The highest BCUT2D eigenvalue weighted by atomic mass is 32.2. The first kappa shape index (κ1) is 18.9. The summed E-state index contributed by atoms with van der Waals surface area (Å²) in [5.74, 6) is -1.35. The molecule has 0 aromatic heterocycles. The summed E-state index contributed by atoms with van der Waals surface area (Å²) in [6, 6.07) is 7.55. The zero-order valence-electron chi connectivity index (χ0n) is 14.4. The molecule has 0 aliphatic heterocycles. The topological polar surface area (TPSA) is 66.4 Å². The Labute approximate surface area is 151 Å². The van der Waals surface area contributed by atoms with Gasteiger partial charge in [0.25, 0.3) is 0 Å². The zero-order valence-corrected chi connectivity index (χ0v) is 15.2. The normalized spacial score (nSPS) is 20.9. The van der Waals surface area contributed by atoms with Crippen LogP contribution < -0.4 is 4.72 Å². The second-order valence-electron chi connectivity index (χ2n) is 6.73. The number of sulfonamides is 1. The molecule has 140 valence electrons. The van der Waals surface area contributed by atoms with Crippen molar-refractivity contribution in [2.75, 3.05) is 0 Å². The third-order valence-electron chi connectivity index (χ3n) is 4.75. The van der Waals surface area contributed by atoms with Gasteiger partial charge < -0.3 is 5.11 Å². The van der Waals surface area contributed by atoms with E-state index in [4.69, 9.17) is 0 Å². The number of halogens is 2. The molecule has 0 saturated heterocycles. The van der Waals surface area contributed by atoms with Gasteiger partial charge in [0.1, 0.15) is 11.6 Å². The first-order valence-corrected chi connectivity index (χ1v) is 10.0. The zero-order chi connectivity index (χ0) is 18.9. The van der Waals surface area contributed by atoms with Crippen molar-refractivity contribution in [2.45, 2.75) is 49.6 Å². The van der Waals surface area contributed by atoms with Crippen LogP contribution >= 0.6 is 0 Å². The van der Waals surface area contributed by atoms with Gasteiger partial charge in [-0.1, -0.05) is 6.07 Å². The molecule has 0 unspecified atom stereocenters. The van der Waals surface area contributed by atoms with Crippen molar-refractivity contribution in [3.63, 3.8) is 0 Å². The Morgan fingerprint density at radius 2 is 1.65 bits per heavy atom. The lowest BCUT2D eigenvalue weighted by Crippen LogP contribution is -2.38. The number of rotatable bonds is 4. The van der Waals surface area contributed by atoms with Crippen LogP contribution in [0.15, 0.2) is 41.3 Å². The van der Waals surface area contributed by atoms with Gasteiger partial charge in [0, 0.05) is 17.7 Å². The van der Waals surface area contributed by atoms with Crippen LogP contribution in [-0.2, 0) is 10.0 Å². The summed E-state index contributed by atoms with van der Waals surface area (Å²) in [4.78, 5) is 0.104. The molecule has 2 aromatic rings. The van der Waals surface area contributed by atoms with Crippen LogP contribution in [0.3, 0.4) is 0 Å². The summed E-state index contributed by atoms with van der Waals surface area (Å²) < 4.78 is 55.0. The molecule has 0 radical (unpaired) electrons. The average Bonchev–Trinajstić information content (AvgIpc) is 2.57. The van der Waals surface area contributed by atoms with Crippen LogP contribution in [0.5, 0.6) is 0 Å². The summed E-state index contributed by atoms with van der Waals surface area (Å²) in [6.45, 7) is 1.69. The molecular formula is C19H21F2NO3S. The fraction of sp³-hybridized carbons (Fsp3) is 0.368. The lowest BCUT2D eigenvalue weighted by Gasteiger charge is -2.26. The Morgan fingerprint density at radius 3 is 2.27 bits per heavy atom. The second kappa shape index (κ2) is 7.42. The summed E-state index contributed by atoms with van der Waals surface area (Å²) in [7, 11) is -3.70. The Balaban J connectivity index is 1.84. The summed E-state index contributed by atoms with van der Waals surface area (Å²) in [6.07, 6.45) is 1.99. The van der Waals surface area contributed by atoms with Gasteiger partial charge in [0.15, 0.2) is 0 Å². The lowest BCUT2D eigenvalue weighted by molar-refractivity contribution is 0.120. The maximum Gasteiger partial charge on any atom is 0.240 e. The fourth-order valence-electron chi connectivity index (χ4n) is 3.29. The molecule has 1 fully saturated rings. The number of aliphatic hydroxyl groups excluding tert-OH is 1. The molecule has 3 rings (SSSR count). The number of aryl methyl sites for hydroxylation is 1. The quantitative estimate of drug-likeness (QED) is 0.852. The van der Waals surface area contributed by atoms with E-state index < -0.39 is 21.7 Å². The first-order chi connectivity index (χ1) is 12.3. The van der Waals surface area contributed by atoms with E-state index in [2.05, 4.69) is 4.72 Å². The molecule has 0 bridgehead atoms. The third kappa shape index (κ3) is 4.11. The number of hydrogen-bond donors (Lipinski definition) is 2. The van der Waals surface area contributed by atoms with Crippen molar-refractivity contribution in [3.8, 4) is 11.1 Å². The Morgan fingerprint density at radius 1 is 1.00 bits per heavy atom. The monoisotopic (exact) mass is 381 g/mol. The van der Waals surface area contributed by atoms with Crippen molar-refractivity contribution in [3.05, 3.63) is 53.6 Å². The van der Waals surface area contributed by atoms with Gasteiger partial charge in [0.2, 0.25) is 10.0 Å². The van der Waals surface area contributed by atoms with Crippen LogP contribution in [0.4, 0.5) is 8.78 Å². The van der Waals surface area contributed by atoms with E-state index in [0.29, 0.717) is 36.8 Å². The largest absolute Gasteiger partial charge is 0.393 e. The number of aliphatic hydroxyl groups is 1. The second-order valence-corrected chi connectivity index (χ2v) is 8.44. The molecule has 7 heteroatoms. The maximum absolute atomic E-state index is 14.0. The summed E-state index contributed by atoms with van der Waals surface area (Å²) in [5.41, 5.74) is 1.32. The minimum Gasteiger partial charge on any atom is -0.393 e. The molecule has 4 nitrogen and oxygen atoms in total. The fourth-order valence-corrected chi connectivity index (χ4v) is 4.68. The first-order valence-electron chi connectivity index (χ1n) is 8.53. The van der Waals surface area contributed by atoms with E-state index in [1.807, 2.05) is 0 Å². The standard InChI is InChI=1S/C19H21F2NO3S/c1-12-10-16(26(24,25)22-14-3-5-15(23)6-4-14)7-9-17(12)18-8-2-13(20)11-19(18)21/h2,7-11,14-15,22-23H,3-6H2,1H3. The molecule has 2 N–H and O–H groups in total. The van der Waals surface area contributed by atoms with Crippen molar-refractivity contribution in [2.24, 2.45) is 0 Å². The van der Waals surface area contributed by atoms with Gasteiger partial charge in [-0.3, -0.25) is 0 Å². The molecule has 0 amide bonds. The molecule has 1 aliphatic carbocycles. The average molecular weight is 381 g/mol. The highest BCUT2D eigenvalue weighted by Gasteiger charge is 2.25. The predicted octanol–water partition coefficient (Wildman–Crippen LogP) is 3.52. The Kier molecular flexibility index (Phi) is 5.41. The number of nitrogens with one attached hydrogen (secondary N) is 1. The van der Waals surface area contributed by atoms with Gasteiger partial charge in [-0.15, -0.1) is 0 Å². The summed E-state index contributed by atoms with van der Waals surface area (Å²) in [5, 5.41) is 9.53. The van der Waals surface area contributed by atoms with Crippen LogP contribution in [0.2, 0.25) is 0 Å². The van der Waals surface area contributed by atoms with Crippen LogP contribution in [0, 0.1) is 18.6 Å².